The molecule has 4 N–H and O–H groups in total. The second kappa shape index (κ2) is 7.22. The number of hydrogen-bond donors (Lipinski definition) is 4. The van der Waals surface area contributed by atoms with Crippen molar-refractivity contribution in [2.24, 2.45) is 0 Å². The minimum absolute atomic E-state index is 0.116. The van der Waals surface area contributed by atoms with Gasteiger partial charge < -0.3 is 29.6 Å². The number of rotatable bonds is 3. The SMILES string of the molecule is CC(C)=CCc1cc(-c2oc3c4c(cc(O)c3c(=O)c2O)O[C@@H](C)C4(C)C)cc(O)c1O. The molecule has 7 heteroatoms. The molecule has 168 valence electrons. The lowest BCUT2D eigenvalue weighted by molar-refractivity contribution is 0.185. The van der Waals surface area contributed by atoms with E-state index in [-0.39, 0.29) is 39.9 Å². The van der Waals surface area contributed by atoms with Crippen LogP contribution in [-0.4, -0.2) is 26.5 Å². The average molecular weight is 438 g/mol. The van der Waals surface area contributed by atoms with Crippen LogP contribution in [0.15, 0.2) is 39.1 Å². The monoisotopic (exact) mass is 438 g/mol. The summed E-state index contributed by atoms with van der Waals surface area (Å²) >= 11 is 0. The van der Waals surface area contributed by atoms with Gasteiger partial charge >= 0.3 is 0 Å². The zero-order valence-electron chi connectivity index (χ0n) is 18.6. The third kappa shape index (κ3) is 3.16. The molecular formula is C25H26O7. The first-order valence-electron chi connectivity index (χ1n) is 10.3. The van der Waals surface area contributed by atoms with E-state index < -0.39 is 22.3 Å². The molecule has 3 aromatic rings. The van der Waals surface area contributed by atoms with Gasteiger partial charge in [0, 0.05) is 28.2 Å². The minimum Gasteiger partial charge on any atom is -0.507 e. The largest absolute Gasteiger partial charge is 0.507 e. The topological polar surface area (TPSA) is 120 Å². The van der Waals surface area contributed by atoms with Gasteiger partial charge in [0.25, 0.3) is 0 Å². The molecule has 0 unspecified atom stereocenters. The van der Waals surface area contributed by atoms with E-state index in [1.165, 1.54) is 12.1 Å². The molecule has 0 saturated heterocycles. The summed E-state index contributed by atoms with van der Waals surface area (Å²) in [6, 6.07) is 4.13. The summed E-state index contributed by atoms with van der Waals surface area (Å²) < 4.78 is 11.9. The van der Waals surface area contributed by atoms with Crippen LogP contribution in [0.3, 0.4) is 0 Å². The van der Waals surface area contributed by atoms with Crippen molar-refractivity contribution in [2.75, 3.05) is 0 Å². The van der Waals surface area contributed by atoms with E-state index in [1.807, 2.05) is 40.7 Å². The van der Waals surface area contributed by atoms with Crippen LogP contribution in [0.5, 0.6) is 28.7 Å². The summed E-state index contributed by atoms with van der Waals surface area (Å²) in [4.78, 5) is 13.1. The lowest BCUT2D eigenvalue weighted by atomic mass is 9.81. The van der Waals surface area contributed by atoms with E-state index in [0.29, 0.717) is 23.3 Å². The Hall–Kier alpha value is -3.61. The number of phenols is 3. The molecule has 0 spiro atoms. The molecule has 7 nitrogen and oxygen atoms in total. The first-order valence-corrected chi connectivity index (χ1v) is 10.3. The Kier molecular flexibility index (Phi) is 4.88. The number of ether oxygens (including phenoxy) is 1. The van der Waals surface area contributed by atoms with Crippen molar-refractivity contribution in [3.8, 4) is 40.1 Å². The van der Waals surface area contributed by atoms with Crippen molar-refractivity contribution in [3.63, 3.8) is 0 Å². The fourth-order valence-electron chi connectivity index (χ4n) is 4.03. The van der Waals surface area contributed by atoms with Gasteiger partial charge in [0.15, 0.2) is 17.3 Å². The average Bonchev–Trinajstić information content (AvgIpc) is 2.93. The highest BCUT2D eigenvalue weighted by Gasteiger charge is 2.42. The lowest BCUT2D eigenvalue weighted by Gasteiger charge is -2.22. The van der Waals surface area contributed by atoms with Crippen LogP contribution in [0, 0.1) is 0 Å². The molecule has 1 aliphatic rings. The highest BCUT2D eigenvalue weighted by atomic mass is 16.5. The third-order valence-electron chi connectivity index (χ3n) is 6.21. The molecule has 0 aliphatic carbocycles. The Morgan fingerprint density at radius 3 is 2.41 bits per heavy atom. The van der Waals surface area contributed by atoms with Gasteiger partial charge in [-0.2, -0.15) is 0 Å². The Balaban J connectivity index is 2.04. The van der Waals surface area contributed by atoms with Crippen LogP contribution in [0.4, 0.5) is 0 Å². The zero-order valence-corrected chi connectivity index (χ0v) is 18.6. The van der Waals surface area contributed by atoms with Gasteiger partial charge in [-0.05, 0) is 39.3 Å². The van der Waals surface area contributed by atoms with Crippen molar-refractivity contribution in [1.29, 1.82) is 0 Å². The maximum absolute atomic E-state index is 13.1. The standard InChI is InChI=1S/C25H26O7/c1-11(2)6-7-13-8-14(9-16(27)20(13)28)23-22(30)21(29)18-15(26)10-17-19(24(18)32-23)25(4,5)12(3)31-17/h6,8-10,12,26-28,30H,7H2,1-5H3/t12-/m0/s1. The molecule has 0 saturated carbocycles. The van der Waals surface area contributed by atoms with Crippen LogP contribution >= 0.6 is 0 Å². The maximum atomic E-state index is 13.1. The summed E-state index contributed by atoms with van der Waals surface area (Å²) in [6.07, 6.45) is 1.97. The number of benzene rings is 2. The third-order valence-corrected chi connectivity index (χ3v) is 6.21. The van der Waals surface area contributed by atoms with E-state index >= 15 is 0 Å². The summed E-state index contributed by atoms with van der Waals surface area (Å²) in [5.41, 5.74) is 1.05. The van der Waals surface area contributed by atoms with Crippen LogP contribution in [-0.2, 0) is 11.8 Å². The highest BCUT2D eigenvalue weighted by molar-refractivity contribution is 5.92. The van der Waals surface area contributed by atoms with E-state index in [9.17, 15) is 25.2 Å². The van der Waals surface area contributed by atoms with Gasteiger partial charge in [-0.15, -0.1) is 0 Å². The van der Waals surface area contributed by atoms with Gasteiger partial charge in [-0.25, -0.2) is 0 Å². The normalized spacial score (nSPS) is 16.6. The molecule has 0 fully saturated rings. The van der Waals surface area contributed by atoms with Gasteiger partial charge in [-0.1, -0.05) is 25.5 Å². The molecule has 0 amide bonds. The van der Waals surface area contributed by atoms with Gasteiger partial charge in [-0.3, -0.25) is 4.79 Å². The van der Waals surface area contributed by atoms with Gasteiger partial charge in [0.2, 0.25) is 11.2 Å². The van der Waals surface area contributed by atoms with Gasteiger partial charge in [0.1, 0.15) is 28.6 Å². The summed E-state index contributed by atoms with van der Waals surface area (Å²) in [5, 5.41) is 41.5. The van der Waals surface area contributed by atoms with E-state index in [1.54, 1.807) is 6.07 Å². The first kappa shape index (κ1) is 21.6. The van der Waals surface area contributed by atoms with Crippen molar-refractivity contribution in [2.45, 2.75) is 52.6 Å². The van der Waals surface area contributed by atoms with Gasteiger partial charge in [0.05, 0.1) is 0 Å². The van der Waals surface area contributed by atoms with Crippen molar-refractivity contribution in [3.05, 3.63) is 51.2 Å². The number of fused-ring (bicyclic) bond motifs is 3. The van der Waals surface area contributed by atoms with Crippen molar-refractivity contribution in [1.82, 2.24) is 0 Å². The highest BCUT2D eigenvalue weighted by Crippen LogP contribution is 2.50. The zero-order chi connectivity index (χ0) is 23.5. The van der Waals surface area contributed by atoms with Crippen LogP contribution in [0.1, 0.15) is 45.7 Å². The second-order valence-electron chi connectivity index (χ2n) is 9.05. The van der Waals surface area contributed by atoms with E-state index in [2.05, 4.69) is 0 Å². The number of phenolic OH excluding ortho intramolecular Hbond substituents is 3. The molecule has 4 rings (SSSR count). The maximum Gasteiger partial charge on any atom is 0.238 e. The Morgan fingerprint density at radius 1 is 1.06 bits per heavy atom. The summed E-state index contributed by atoms with van der Waals surface area (Å²) in [6.45, 7) is 9.59. The molecular weight excluding hydrogens is 412 g/mol. The lowest BCUT2D eigenvalue weighted by Crippen LogP contribution is -2.29. The first-order chi connectivity index (χ1) is 14.9. The van der Waals surface area contributed by atoms with Crippen molar-refractivity contribution >= 4 is 11.0 Å². The number of allylic oxidation sites excluding steroid dienone is 2. The number of hydrogen-bond acceptors (Lipinski definition) is 7. The smallest absolute Gasteiger partial charge is 0.238 e. The molecule has 2 aromatic carbocycles. The van der Waals surface area contributed by atoms with Crippen molar-refractivity contribution < 1.29 is 29.6 Å². The molecule has 1 aromatic heterocycles. The summed E-state index contributed by atoms with van der Waals surface area (Å²) in [5.74, 6) is -1.49. The van der Waals surface area contributed by atoms with Crippen LogP contribution < -0.4 is 10.2 Å². The second-order valence-corrected chi connectivity index (χ2v) is 9.05. The molecule has 1 atom stereocenters. The molecule has 0 bridgehead atoms. The minimum atomic E-state index is -0.796. The van der Waals surface area contributed by atoms with Crippen LogP contribution in [0.25, 0.3) is 22.3 Å². The Labute approximate surface area is 184 Å². The quantitative estimate of drug-likeness (QED) is 0.341. The van der Waals surface area contributed by atoms with E-state index in [0.717, 1.165) is 5.57 Å². The Morgan fingerprint density at radius 2 is 1.75 bits per heavy atom. The van der Waals surface area contributed by atoms with E-state index in [4.69, 9.17) is 9.15 Å². The predicted octanol–water partition coefficient (Wildman–Crippen LogP) is 4.85. The molecule has 32 heavy (non-hydrogen) atoms. The molecule has 0 radical (unpaired) electrons. The Bertz CT molecular complexity index is 1340. The predicted molar refractivity (Wildman–Crippen MR) is 121 cm³/mol. The number of aromatic hydroxyl groups is 4. The fraction of sp³-hybridized carbons (Fsp3) is 0.320. The van der Waals surface area contributed by atoms with Crippen LogP contribution in [0.2, 0.25) is 0 Å². The molecule has 1 aliphatic heterocycles. The summed E-state index contributed by atoms with van der Waals surface area (Å²) in [7, 11) is 0. The molecule has 2 heterocycles. The fourth-order valence-corrected chi connectivity index (χ4v) is 4.03.